The third-order valence-corrected chi connectivity index (χ3v) is 6.34. The van der Waals surface area contributed by atoms with E-state index in [2.05, 4.69) is 15.3 Å². The Hall–Kier alpha value is -3.75. The first-order valence-electron chi connectivity index (χ1n) is 11.3. The number of methoxy groups -OCH3 is 1. The second-order valence-corrected chi connectivity index (χ2v) is 8.48. The lowest BCUT2D eigenvalue weighted by molar-refractivity contribution is -0.0222. The van der Waals surface area contributed by atoms with Crippen LogP contribution in [0, 0.1) is 0 Å². The van der Waals surface area contributed by atoms with Gasteiger partial charge in [0.05, 0.1) is 36.0 Å². The molecule has 3 atom stereocenters. The van der Waals surface area contributed by atoms with Crippen molar-refractivity contribution in [3.8, 4) is 17.0 Å². The van der Waals surface area contributed by atoms with E-state index in [4.69, 9.17) is 4.74 Å². The van der Waals surface area contributed by atoms with Gasteiger partial charge in [-0.05, 0) is 55.7 Å². The van der Waals surface area contributed by atoms with Gasteiger partial charge in [0.1, 0.15) is 5.75 Å². The fourth-order valence-corrected chi connectivity index (χ4v) is 4.60. The van der Waals surface area contributed by atoms with E-state index in [0.29, 0.717) is 42.2 Å². The maximum atomic E-state index is 13.3. The molecule has 0 spiro atoms. The number of anilines is 1. The SMILES string of the molecule is COc1ccccc1-c1cc(C(=O)Nc2nc3ccccc3n2[C@@H]2CC[C@H](O)[C@@H](O)C2)ccn1. The van der Waals surface area contributed by atoms with Gasteiger partial charge in [-0.15, -0.1) is 0 Å². The Morgan fingerprint density at radius 1 is 1.06 bits per heavy atom. The molecule has 1 saturated carbocycles. The Labute approximate surface area is 196 Å². The Bertz CT molecular complexity index is 1340. The van der Waals surface area contributed by atoms with E-state index in [9.17, 15) is 15.0 Å². The van der Waals surface area contributed by atoms with Gasteiger partial charge in [-0.1, -0.05) is 24.3 Å². The van der Waals surface area contributed by atoms with Crippen LogP contribution in [0.15, 0.2) is 66.9 Å². The average molecular weight is 459 g/mol. The van der Waals surface area contributed by atoms with Crippen molar-refractivity contribution in [3.63, 3.8) is 0 Å². The van der Waals surface area contributed by atoms with Crippen molar-refractivity contribution in [2.45, 2.75) is 37.5 Å². The maximum Gasteiger partial charge on any atom is 0.258 e. The van der Waals surface area contributed by atoms with Gasteiger partial charge in [-0.25, -0.2) is 4.98 Å². The molecule has 2 heterocycles. The molecule has 2 aromatic carbocycles. The van der Waals surface area contributed by atoms with Crippen LogP contribution in [0.4, 0.5) is 5.95 Å². The number of ether oxygens (including phenoxy) is 1. The number of nitrogens with zero attached hydrogens (tertiary/aromatic N) is 3. The zero-order valence-electron chi connectivity index (χ0n) is 18.8. The quantitative estimate of drug-likeness (QED) is 0.420. The summed E-state index contributed by atoms with van der Waals surface area (Å²) in [5, 5.41) is 23.2. The van der Waals surface area contributed by atoms with Crippen molar-refractivity contribution in [3.05, 3.63) is 72.4 Å². The summed E-state index contributed by atoms with van der Waals surface area (Å²) in [7, 11) is 1.60. The zero-order valence-corrected chi connectivity index (χ0v) is 18.8. The standard InChI is InChI=1S/C26H26N4O4/c1-34-24-9-5-2-6-18(24)20-14-16(12-13-27-20)25(33)29-26-28-19-7-3-4-8-21(19)30(26)17-10-11-22(31)23(32)15-17/h2-9,12-14,17,22-23,31-32H,10-11,15H2,1H3,(H,28,29,33)/t17-,22+,23+/m1/s1. The summed E-state index contributed by atoms with van der Waals surface area (Å²) in [4.78, 5) is 22.3. The Kier molecular flexibility index (Phi) is 6.00. The number of fused-ring (bicyclic) bond motifs is 1. The zero-order chi connectivity index (χ0) is 23.7. The smallest absolute Gasteiger partial charge is 0.258 e. The number of hydrogen-bond donors (Lipinski definition) is 3. The number of benzene rings is 2. The molecule has 0 saturated heterocycles. The Morgan fingerprint density at radius 2 is 1.85 bits per heavy atom. The summed E-state index contributed by atoms with van der Waals surface area (Å²) in [6.45, 7) is 0. The summed E-state index contributed by atoms with van der Waals surface area (Å²) in [6, 6.07) is 18.5. The molecule has 0 aliphatic heterocycles. The highest BCUT2D eigenvalue weighted by molar-refractivity contribution is 6.04. The molecule has 0 bridgehead atoms. The van der Waals surface area contributed by atoms with E-state index in [-0.39, 0.29) is 11.9 Å². The number of hydrogen-bond acceptors (Lipinski definition) is 6. The highest BCUT2D eigenvalue weighted by Crippen LogP contribution is 2.35. The average Bonchev–Trinajstić information content (AvgIpc) is 3.23. The number of pyridine rings is 1. The molecule has 8 nitrogen and oxygen atoms in total. The molecule has 0 unspecified atom stereocenters. The molecule has 0 radical (unpaired) electrons. The van der Waals surface area contributed by atoms with E-state index in [1.807, 2.05) is 53.1 Å². The molecule has 1 fully saturated rings. The first-order chi connectivity index (χ1) is 16.5. The number of aliphatic hydroxyl groups excluding tert-OH is 2. The van der Waals surface area contributed by atoms with Gasteiger partial charge < -0.3 is 19.5 Å². The van der Waals surface area contributed by atoms with Crippen LogP contribution in [-0.2, 0) is 0 Å². The predicted molar refractivity (Wildman–Crippen MR) is 129 cm³/mol. The molecular formula is C26H26N4O4. The third kappa shape index (κ3) is 4.13. The van der Waals surface area contributed by atoms with Crippen molar-refractivity contribution in [2.75, 3.05) is 12.4 Å². The highest BCUT2D eigenvalue weighted by Gasteiger charge is 2.31. The van der Waals surface area contributed by atoms with Crippen LogP contribution in [0.2, 0.25) is 0 Å². The van der Waals surface area contributed by atoms with E-state index >= 15 is 0 Å². The van der Waals surface area contributed by atoms with Crippen molar-refractivity contribution in [1.29, 1.82) is 0 Å². The summed E-state index contributed by atoms with van der Waals surface area (Å²) in [6.07, 6.45) is 1.60. The number of carbonyl (C=O) groups excluding carboxylic acids is 1. The number of amides is 1. The van der Waals surface area contributed by atoms with Gasteiger partial charge in [-0.3, -0.25) is 15.1 Å². The lowest BCUT2D eigenvalue weighted by atomic mass is 9.90. The molecule has 1 aliphatic rings. The summed E-state index contributed by atoms with van der Waals surface area (Å²) in [5.74, 6) is 0.773. The largest absolute Gasteiger partial charge is 0.496 e. The molecular weight excluding hydrogens is 432 g/mol. The molecule has 2 aromatic heterocycles. The molecule has 5 rings (SSSR count). The number of carbonyl (C=O) groups is 1. The van der Waals surface area contributed by atoms with Crippen molar-refractivity contribution in [2.24, 2.45) is 0 Å². The molecule has 1 aliphatic carbocycles. The Balaban J connectivity index is 1.48. The number of para-hydroxylation sites is 3. The van der Waals surface area contributed by atoms with Gasteiger partial charge in [0.15, 0.2) is 0 Å². The van der Waals surface area contributed by atoms with Gasteiger partial charge in [0, 0.05) is 23.4 Å². The molecule has 4 aromatic rings. The minimum atomic E-state index is -0.813. The van der Waals surface area contributed by atoms with Crippen molar-refractivity contribution in [1.82, 2.24) is 14.5 Å². The normalized spacial score (nSPS) is 20.3. The number of rotatable bonds is 5. The van der Waals surface area contributed by atoms with E-state index in [1.54, 1.807) is 25.4 Å². The van der Waals surface area contributed by atoms with Gasteiger partial charge >= 0.3 is 0 Å². The number of aliphatic hydroxyl groups is 2. The number of nitrogens with one attached hydrogen (secondary N) is 1. The van der Waals surface area contributed by atoms with Gasteiger partial charge in [0.2, 0.25) is 5.95 Å². The molecule has 34 heavy (non-hydrogen) atoms. The second-order valence-electron chi connectivity index (χ2n) is 8.48. The maximum absolute atomic E-state index is 13.3. The van der Waals surface area contributed by atoms with Gasteiger partial charge in [0.25, 0.3) is 5.91 Å². The molecule has 8 heteroatoms. The van der Waals surface area contributed by atoms with E-state index < -0.39 is 12.2 Å². The van der Waals surface area contributed by atoms with Crippen LogP contribution in [0.1, 0.15) is 35.7 Å². The lowest BCUT2D eigenvalue weighted by Gasteiger charge is -2.32. The van der Waals surface area contributed by atoms with E-state index in [1.165, 1.54) is 0 Å². The topological polar surface area (TPSA) is 110 Å². The number of imidazole rings is 1. The minimum absolute atomic E-state index is 0.0947. The fraction of sp³-hybridized carbons (Fsp3) is 0.269. The summed E-state index contributed by atoms with van der Waals surface area (Å²) in [5.41, 5.74) is 3.48. The predicted octanol–water partition coefficient (Wildman–Crippen LogP) is 3.81. The van der Waals surface area contributed by atoms with Crippen molar-refractivity contribution < 1.29 is 19.7 Å². The molecule has 174 valence electrons. The van der Waals surface area contributed by atoms with Crippen LogP contribution in [0.5, 0.6) is 5.75 Å². The van der Waals surface area contributed by atoms with Crippen LogP contribution in [0.25, 0.3) is 22.3 Å². The second kappa shape index (κ2) is 9.24. The third-order valence-electron chi connectivity index (χ3n) is 6.34. The first kappa shape index (κ1) is 22.1. The Morgan fingerprint density at radius 3 is 2.68 bits per heavy atom. The van der Waals surface area contributed by atoms with Gasteiger partial charge in [-0.2, -0.15) is 0 Å². The van der Waals surface area contributed by atoms with Crippen LogP contribution >= 0.6 is 0 Å². The molecule has 3 N–H and O–H groups in total. The van der Waals surface area contributed by atoms with Crippen LogP contribution in [0.3, 0.4) is 0 Å². The molecule has 1 amide bonds. The highest BCUT2D eigenvalue weighted by atomic mass is 16.5. The van der Waals surface area contributed by atoms with Crippen molar-refractivity contribution >= 4 is 22.9 Å². The minimum Gasteiger partial charge on any atom is -0.496 e. The van der Waals surface area contributed by atoms with E-state index in [0.717, 1.165) is 16.6 Å². The first-order valence-corrected chi connectivity index (χ1v) is 11.3. The monoisotopic (exact) mass is 458 g/mol. The number of aromatic nitrogens is 3. The summed E-state index contributed by atoms with van der Waals surface area (Å²) >= 11 is 0. The van der Waals surface area contributed by atoms with Crippen LogP contribution in [-0.4, -0.2) is 50.0 Å². The summed E-state index contributed by atoms with van der Waals surface area (Å²) < 4.78 is 7.40. The fourth-order valence-electron chi connectivity index (χ4n) is 4.60. The lowest BCUT2D eigenvalue weighted by Crippen LogP contribution is -2.35. The van der Waals surface area contributed by atoms with Crippen LogP contribution < -0.4 is 10.1 Å².